The van der Waals surface area contributed by atoms with Gasteiger partial charge in [-0.05, 0) is 67.6 Å². The second kappa shape index (κ2) is 14.2. The third kappa shape index (κ3) is 8.75. The third-order valence-corrected chi connectivity index (χ3v) is 6.87. The van der Waals surface area contributed by atoms with Crippen molar-refractivity contribution < 1.29 is 9.53 Å². The molecule has 1 atom stereocenters. The number of nitrogens with one attached hydrogen (secondary N) is 1. The number of amides is 2. The summed E-state index contributed by atoms with van der Waals surface area (Å²) in [5.41, 5.74) is 4.10. The van der Waals surface area contributed by atoms with E-state index in [4.69, 9.17) is 4.74 Å². The maximum atomic E-state index is 12.4. The zero-order valence-corrected chi connectivity index (χ0v) is 23.1. The van der Waals surface area contributed by atoms with Gasteiger partial charge in [0.2, 0.25) is 0 Å². The largest absolute Gasteiger partial charge is 0.497 e. The van der Waals surface area contributed by atoms with Crippen LogP contribution in [0, 0.1) is 11.8 Å². The summed E-state index contributed by atoms with van der Waals surface area (Å²) >= 11 is 0. The van der Waals surface area contributed by atoms with Gasteiger partial charge in [-0.1, -0.05) is 54.3 Å². The van der Waals surface area contributed by atoms with E-state index in [-0.39, 0.29) is 6.03 Å². The zero-order chi connectivity index (χ0) is 27.5. The maximum absolute atomic E-state index is 12.4. The van der Waals surface area contributed by atoms with Crippen LogP contribution < -0.4 is 10.1 Å². The molecule has 0 saturated carbocycles. The molecule has 0 aromatic heterocycles. The lowest BCUT2D eigenvalue weighted by Crippen LogP contribution is -2.52. The highest BCUT2D eigenvalue weighted by Gasteiger charge is 2.27. The summed E-state index contributed by atoms with van der Waals surface area (Å²) in [6.45, 7) is 4.50. The first-order valence-electron chi connectivity index (χ1n) is 13.4. The van der Waals surface area contributed by atoms with Crippen LogP contribution in [-0.2, 0) is 6.54 Å². The van der Waals surface area contributed by atoms with Gasteiger partial charge in [-0.2, -0.15) is 0 Å². The average Bonchev–Trinajstić information content (AvgIpc) is 2.95. The van der Waals surface area contributed by atoms with Crippen LogP contribution in [0.15, 0.2) is 91.0 Å². The number of hydrogen-bond acceptors (Lipinski definition) is 4. The second-order valence-corrected chi connectivity index (χ2v) is 9.96. The topological polar surface area (TPSA) is 48.1 Å². The Kier molecular flexibility index (Phi) is 10.2. The van der Waals surface area contributed by atoms with E-state index in [1.54, 1.807) is 19.1 Å². The fraction of sp³-hybridized carbons (Fsp3) is 0.303. The van der Waals surface area contributed by atoms with E-state index in [0.29, 0.717) is 12.6 Å². The summed E-state index contributed by atoms with van der Waals surface area (Å²) in [6, 6.07) is 26.4. The minimum absolute atomic E-state index is 0.136. The van der Waals surface area contributed by atoms with Crippen molar-refractivity contribution >= 4 is 11.7 Å². The van der Waals surface area contributed by atoms with Crippen molar-refractivity contribution in [3.63, 3.8) is 0 Å². The fourth-order valence-electron chi connectivity index (χ4n) is 4.51. The summed E-state index contributed by atoms with van der Waals surface area (Å²) in [7, 11) is 5.61. The summed E-state index contributed by atoms with van der Waals surface area (Å²) in [5.74, 6) is 7.29. The summed E-state index contributed by atoms with van der Waals surface area (Å²) in [4.78, 5) is 19.0. The lowest BCUT2D eigenvalue weighted by Gasteiger charge is -2.42. The van der Waals surface area contributed by atoms with Gasteiger partial charge in [0.15, 0.2) is 0 Å². The predicted octanol–water partition coefficient (Wildman–Crippen LogP) is 5.32. The predicted molar refractivity (Wildman–Crippen MR) is 159 cm³/mol. The van der Waals surface area contributed by atoms with Crippen LogP contribution in [0.5, 0.6) is 5.75 Å². The van der Waals surface area contributed by atoms with E-state index >= 15 is 0 Å². The number of carbonyl (C=O) groups is 1. The number of urea groups is 1. The van der Waals surface area contributed by atoms with Crippen molar-refractivity contribution in [3.05, 3.63) is 108 Å². The van der Waals surface area contributed by atoms with E-state index in [1.807, 2.05) is 54.6 Å². The van der Waals surface area contributed by atoms with Crippen molar-refractivity contribution in [2.24, 2.45) is 0 Å². The maximum Gasteiger partial charge on any atom is 0.321 e. The van der Waals surface area contributed by atoms with Gasteiger partial charge < -0.3 is 19.9 Å². The minimum Gasteiger partial charge on any atom is -0.497 e. The molecule has 3 aromatic rings. The zero-order valence-electron chi connectivity index (χ0n) is 23.1. The monoisotopic (exact) mass is 522 g/mol. The Balaban J connectivity index is 1.18. The van der Waals surface area contributed by atoms with E-state index in [2.05, 4.69) is 70.4 Å². The molecule has 1 N–H and O–H groups in total. The number of likely N-dealkylation sites (N-methyl/N-ethyl adjacent to an activating group) is 2. The van der Waals surface area contributed by atoms with Gasteiger partial charge in [0.25, 0.3) is 0 Å². The molecule has 39 heavy (non-hydrogen) atoms. The van der Waals surface area contributed by atoms with Gasteiger partial charge in [0.1, 0.15) is 5.75 Å². The number of nitrogens with zero attached hydrogens (tertiary/aromatic N) is 3. The van der Waals surface area contributed by atoms with Gasteiger partial charge in [0.05, 0.1) is 7.11 Å². The van der Waals surface area contributed by atoms with Gasteiger partial charge in [-0.25, -0.2) is 4.79 Å². The SMILES string of the molecule is COc1ccc(NC(=O)N(C)C/C=C\CN2CC[C@H]2CN(C)Cc2cccc(C#Cc3ccccc3)c2)cc1. The normalized spacial score (nSPS) is 14.9. The highest BCUT2D eigenvalue weighted by atomic mass is 16.5. The molecule has 1 saturated heterocycles. The molecule has 1 aliphatic heterocycles. The number of benzene rings is 3. The van der Waals surface area contributed by atoms with Crippen LogP contribution in [-0.4, -0.2) is 74.2 Å². The molecule has 1 heterocycles. The Labute approximate surface area is 232 Å². The highest BCUT2D eigenvalue weighted by Crippen LogP contribution is 2.19. The van der Waals surface area contributed by atoms with Crippen LogP contribution in [0.4, 0.5) is 10.5 Å². The molecule has 3 aromatic carbocycles. The average molecular weight is 523 g/mol. The Morgan fingerprint density at radius 3 is 2.46 bits per heavy atom. The molecule has 0 radical (unpaired) electrons. The molecule has 4 rings (SSSR count). The number of likely N-dealkylation sites (tertiary alicyclic amines) is 1. The third-order valence-electron chi connectivity index (χ3n) is 6.87. The molecule has 6 nitrogen and oxygen atoms in total. The number of hydrogen-bond donors (Lipinski definition) is 1. The Bertz CT molecular complexity index is 1290. The molecule has 0 unspecified atom stereocenters. The molecule has 6 heteroatoms. The Morgan fingerprint density at radius 2 is 1.74 bits per heavy atom. The number of ether oxygens (including phenoxy) is 1. The quantitative estimate of drug-likeness (QED) is 0.289. The molecular formula is C33H38N4O2. The van der Waals surface area contributed by atoms with Gasteiger partial charge in [-0.15, -0.1) is 0 Å². The molecule has 1 aliphatic rings. The number of carbonyl (C=O) groups excluding carboxylic acids is 1. The number of methoxy groups -OCH3 is 1. The van der Waals surface area contributed by atoms with E-state index in [0.717, 1.165) is 48.7 Å². The smallest absolute Gasteiger partial charge is 0.321 e. The number of anilines is 1. The summed E-state index contributed by atoms with van der Waals surface area (Å²) in [5, 5.41) is 2.91. The molecule has 0 aliphatic carbocycles. The van der Waals surface area contributed by atoms with E-state index < -0.39 is 0 Å². The summed E-state index contributed by atoms with van der Waals surface area (Å²) < 4.78 is 5.16. The van der Waals surface area contributed by atoms with Crippen molar-refractivity contribution in [1.29, 1.82) is 0 Å². The molecule has 0 bridgehead atoms. The van der Waals surface area contributed by atoms with Crippen LogP contribution in [0.1, 0.15) is 23.1 Å². The fourth-order valence-corrected chi connectivity index (χ4v) is 4.51. The number of rotatable bonds is 10. The molecule has 0 spiro atoms. The van der Waals surface area contributed by atoms with Crippen molar-refractivity contribution in [1.82, 2.24) is 14.7 Å². The highest BCUT2D eigenvalue weighted by molar-refractivity contribution is 5.89. The van der Waals surface area contributed by atoms with Gasteiger partial charge in [0, 0.05) is 62.6 Å². The standard InChI is InChI=1S/C33H38N4O2/c1-35(25-29-13-9-12-28(24-29)15-14-27-10-5-4-6-11-27)26-31-20-23-37(31)22-8-7-21-36(2)33(38)34-30-16-18-32(39-3)19-17-30/h4-13,16-19,24,31H,20-23,25-26H2,1-3H3,(H,34,38)/b8-7-/t31-/m0/s1. The first kappa shape index (κ1) is 28.0. The van der Waals surface area contributed by atoms with Gasteiger partial charge in [-0.3, -0.25) is 4.90 Å². The molecule has 2 amide bonds. The Hall–Kier alpha value is -4.05. The Morgan fingerprint density at radius 1 is 1.00 bits per heavy atom. The van der Waals surface area contributed by atoms with Crippen LogP contribution >= 0.6 is 0 Å². The van der Waals surface area contributed by atoms with Gasteiger partial charge >= 0.3 is 6.03 Å². The van der Waals surface area contributed by atoms with Crippen LogP contribution in [0.25, 0.3) is 0 Å². The second-order valence-electron chi connectivity index (χ2n) is 9.96. The lowest BCUT2D eigenvalue weighted by atomic mass is 10.0. The first-order chi connectivity index (χ1) is 19.0. The van der Waals surface area contributed by atoms with E-state index in [9.17, 15) is 4.79 Å². The van der Waals surface area contributed by atoms with Crippen molar-refractivity contribution in [3.8, 4) is 17.6 Å². The van der Waals surface area contributed by atoms with Crippen molar-refractivity contribution in [2.45, 2.75) is 19.0 Å². The molecule has 1 fully saturated rings. The van der Waals surface area contributed by atoms with E-state index in [1.165, 1.54) is 12.0 Å². The van der Waals surface area contributed by atoms with Crippen molar-refractivity contribution in [2.75, 3.05) is 52.7 Å². The molecular weight excluding hydrogens is 484 g/mol. The van der Waals surface area contributed by atoms with Crippen LogP contribution in [0.2, 0.25) is 0 Å². The summed E-state index contributed by atoms with van der Waals surface area (Å²) in [6.07, 6.45) is 5.44. The minimum atomic E-state index is -0.136. The van der Waals surface area contributed by atoms with Crippen LogP contribution in [0.3, 0.4) is 0 Å². The molecule has 202 valence electrons. The first-order valence-corrected chi connectivity index (χ1v) is 13.4. The lowest BCUT2D eigenvalue weighted by molar-refractivity contribution is 0.0736.